The zero-order valence-corrected chi connectivity index (χ0v) is 17.1. The van der Waals surface area contributed by atoms with Gasteiger partial charge in [0.05, 0.1) is 24.1 Å². The molecule has 8 heteroatoms. The molecule has 3 fully saturated rings. The number of imide groups is 1. The van der Waals surface area contributed by atoms with Gasteiger partial charge in [0.1, 0.15) is 17.9 Å². The second-order valence-electron chi connectivity index (χ2n) is 8.75. The summed E-state index contributed by atoms with van der Waals surface area (Å²) in [6.07, 6.45) is 3.92. The highest BCUT2D eigenvalue weighted by Crippen LogP contribution is 2.62. The van der Waals surface area contributed by atoms with Crippen LogP contribution in [0.15, 0.2) is 53.9 Å². The van der Waals surface area contributed by atoms with Crippen molar-refractivity contribution in [2.45, 2.75) is 19.1 Å². The molecular weight excluding hydrogens is 408 g/mol. The Hall–Kier alpha value is -3.73. The molecule has 1 aromatic heterocycles. The number of amides is 2. The molecule has 32 heavy (non-hydrogen) atoms. The van der Waals surface area contributed by atoms with Crippen molar-refractivity contribution in [2.24, 2.45) is 34.7 Å². The van der Waals surface area contributed by atoms with Crippen molar-refractivity contribution in [3.05, 3.63) is 59.9 Å². The van der Waals surface area contributed by atoms with Crippen LogP contribution in [-0.2, 0) is 21.0 Å². The number of hydrogen-bond acceptors (Lipinski definition) is 7. The largest absolute Gasteiger partial charge is 0.478 e. The second-order valence-corrected chi connectivity index (χ2v) is 8.75. The predicted molar refractivity (Wildman–Crippen MR) is 111 cm³/mol. The first-order valence-electron chi connectivity index (χ1n) is 10.8. The number of oxime groups is 1. The van der Waals surface area contributed by atoms with E-state index < -0.39 is 0 Å². The summed E-state index contributed by atoms with van der Waals surface area (Å²) in [6, 6.07) is 13.1. The smallest absolute Gasteiger partial charge is 0.233 e. The van der Waals surface area contributed by atoms with Crippen LogP contribution in [0.4, 0.5) is 0 Å². The number of para-hydroxylation sites is 1. The maximum absolute atomic E-state index is 13.4. The maximum Gasteiger partial charge on any atom is 0.233 e. The van der Waals surface area contributed by atoms with Crippen LogP contribution in [0.25, 0.3) is 0 Å². The fourth-order valence-corrected chi connectivity index (χ4v) is 6.15. The Labute approximate surface area is 184 Å². The predicted octanol–water partition coefficient (Wildman–Crippen LogP) is 2.15. The summed E-state index contributed by atoms with van der Waals surface area (Å²) < 4.78 is 5.60. The van der Waals surface area contributed by atoms with Crippen molar-refractivity contribution in [1.82, 2.24) is 9.88 Å². The van der Waals surface area contributed by atoms with Crippen molar-refractivity contribution >= 4 is 17.5 Å². The van der Waals surface area contributed by atoms with Gasteiger partial charge < -0.3 is 9.57 Å². The number of benzene rings is 1. The average molecular weight is 428 g/mol. The van der Waals surface area contributed by atoms with Crippen molar-refractivity contribution in [3.8, 4) is 11.8 Å². The van der Waals surface area contributed by atoms with Crippen molar-refractivity contribution in [3.63, 3.8) is 0 Å². The Morgan fingerprint density at radius 1 is 1.09 bits per heavy atom. The summed E-state index contributed by atoms with van der Waals surface area (Å²) in [7, 11) is 0. The SMILES string of the molecule is N#CCOc1ccccc1C1=NO[C@@H]2[C@@H]3C[C@@H]([C@H]4C(=O)N(Cc5cccnc5)C(=O)[C@@H]34)[C@H]12. The third-order valence-electron chi connectivity index (χ3n) is 7.30. The van der Waals surface area contributed by atoms with E-state index in [9.17, 15) is 9.59 Å². The maximum atomic E-state index is 13.4. The molecule has 2 aliphatic heterocycles. The molecular formula is C24H20N4O4. The topological polar surface area (TPSA) is 105 Å². The van der Waals surface area contributed by atoms with Crippen molar-refractivity contribution < 1.29 is 19.2 Å². The third kappa shape index (κ3) is 2.60. The zero-order chi connectivity index (χ0) is 21.8. The highest BCUT2D eigenvalue weighted by molar-refractivity contribution is 6.09. The lowest BCUT2D eigenvalue weighted by molar-refractivity contribution is -0.141. The van der Waals surface area contributed by atoms with Crippen LogP contribution in [0, 0.1) is 40.9 Å². The Morgan fingerprint density at radius 2 is 1.91 bits per heavy atom. The lowest BCUT2D eigenvalue weighted by Gasteiger charge is -2.30. The first-order valence-corrected chi connectivity index (χ1v) is 10.8. The Bertz CT molecular complexity index is 1170. The summed E-state index contributed by atoms with van der Waals surface area (Å²) >= 11 is 0. The summed E-state index contributed by atoms with van der Waals surface area (Å²) in [5.41, 5.74) is 2.37. The van der Waals surface area contributed by atoms with Gasteiger partial charge in [-0.3, -0.25) is 19.5 Å². The van der Waals surface area contributed by atoms with Gasteiger partial charge in [-0.05, 0) is 36.1 Å². The van der Waals surface area contributed by atoms with Crippen molar-refractivity contribution in [2.75, 3.05) is 6.61 Å². The number of ether oxygens (including phenoxy) is 1. The number of rotatable bonds is 5. The van der Waals surface area contributed by atoms with E-state index in [1.807, 2.05) is 30.3 Å². The van der Waals surface area contributed by atoms with Gasteiger partial charge in [-0.1, -0.05) is 23.4 Å². The van der Waals surface area contributed by atoms with Crippen LogP contribution in [-0.4, -0.2) is 40.1 Å². The Kier molecular flexibility index (Phi) is 4.25. The van der Waals surface area contributed by atoms with Gasteiger partial charge in [0.2, 0.25) is 11.8 Å². The first kappa shape index (κ1) is 19.0. The summed E-state index contributed by atoms with van der Waals surface area (Å²) in [4.78, 5) is 38.0. The standard InChI is InChI=1S/C24H20N4O4/c25-7-9-31-17-6-2-1-5-14(17)21-20-15-10-16(22(20)32-27-21)19-18(15)23(29)28(24(19)30)12-13-4-3-8-26-11-13/h1-6,8,11,15-16,18-20,22H,9-10,12H2/t15-,16+,18+,19-,20+,22+/m0/s1. The van der Waals surface area contributed by atoms with E-state index in [1.165, 1.54) is 4.90 Å². The molecule has 3 heterocycles. The van der Waals surface area contributed by atoms with E-state index in [0.29, 0.717) is 5.75 Å². The number of nitriles is 1. The van der Waals surface area contributed by atoms with E-state index in [0.717, 1.165) is 23.3 Å². The lowest BCUT2D eigenvalue weighted by atomic mass is 9.71. The summed E-state index contributed by atoms with van der Waals surface area (Å²) in [5.74, 6) is -0.421. The number of likely N-dealkylation sites (tertiary alicyclic amines) is 1. The molecule has 2 amide bonds. The zero-order valence-electron chi connectivity index (χ0n) is 17.1. The molecule has 160 valence electrons. The quantitative estimate of drug-likeness (QED) is 0.676. The Morgan fingerprint density at radius 3 is 2.69 bits per heavy atom. The molecule has 4 aliphatic rings. The van der Waals surface area contributed by atoms with E-state index in [1.54, 1.807) is 24.5 Å². The highest BCUT2D eigenvalue weighted by Gasteiger charge is 2.70. The number of nitrogens with zero attached hydrogens (tertiary/aromatic N) is 4. The monoisotopic (exact) mass is 428 g/mol. The fourth-order valence-electron chi connectivity index (χ4n) is 6.15. The molecule has 2 saturated carbocycles. The molecule has 2 bridgehead atoms. The fraction of sp³-hybridized carbons (Fsp3) is 0.375. The van der Waals surface area contributed by atoms with Gasteiger partial charge in [0.15, 0.2) is 6.61 Å². The van der Waals surface area contributed by atoms with Crippen LogP contribution in [0.5, 0.6) is 5.75 Å². The van der Waals surface area contributed by atoms with Gasteiger partial charge in [-0.25, -0.2) is 0 Å². The molecule has 6 rings (SSSR count). The molecule has 6 atom stereocenters. The van der Waals surface area contributed by atoms with Crippen LogP contribution in [0.1, 0.15) is 17.5 Å². The molecule has 0 radical (unpaired) electrons. The van der Waals surface area contributed by atoms with Crippen LogP contribution >= 0.6 is 0 Å². The van der Waals surface area contributed by atoms with E-state index >= 15 is 0 Å². The third-order valence-corrected chi connectivity index (χ3v) is 7.30. The number of carbonyl (C=O) groups is 2. The second kappa shape index (κ2) is 7.16. The average Bonchev–Trinajstić information content (AvgIpc) is 3.56. The molecule has 2 aliphatic carbocycles. The minimum Gasteiger partial charge on any atom is -0.478 e. The number of aromatic nitrogens is 1. The number of carbonyl (C=O) groups excluding carboxylic acids is 2. The van der Waals surface area contributed by atoms with E-state index in [4.69, 9.17) is 14.8 Å². The molecule has 1 aromatic carbocycles. The molecule has 8 nitrogen and oxygen atoms in total. The minimum absolute atomic E-state index is 0.00405. The Balaban J connectivity index is 1.30. The highest BCUT2D eigenvalue weighted by atomic mass is 16.6. The van der Waals surface area contributed by atoms with Gasteiger partial charge in [0, 0.05) is 29.8 Å². The number of fused-ring (bicyclic) bond motifs is 8. The van der Waals surface area contributed by atoms with Crippen molar-refractivity contribution in [1.29, 1.82) is 5.26 Å². The van der Waals surface area contributed by atoms with E-state index in [-0.39, 0.29) is 60.7 Å². The van der Waals surface area contributed by atoms with Crippen LogP contribution in [0.3, 0.4) is 0 Å². The molecule has 0 spiro atoms. The normalized spacial score (nSPS) is 31.7. The van der Waals surface area contributed by atoms with Gasteiger partial charge in [-0.2, -0.15) is 5.26 Å². The van der Waals surface area contributed by atoms with E-state index in [2.05, 4.69) is 10.1 Å². The number of pyridine rings is 1. The minimum atomic E-state index is -0.343. The van der Waals surface area contributed by atoms with Crippen LogP contribution < -0.4 is 4.74 Å². The summed E-state index contributed by atoms with van der Waals surface area (Å²) in [6.45, 7) is 0.187. The first-order chi connectivity index (χ1) is 15.7. The number of hydrogen-bond donors (Lipinski definition) is 0. The van der Waals surface area contributed by atoms with Gasteiger partial charge in [0.25, 0.3) is 0 Å². The van der Waals surface area contributed by atoms with Gasteiger partial charge >= 0.3 is 0 Å². The van der Waals surface area contributed by atoms with Crippen LogP contribution in [0.2, 0.25) is 0 Å². The molecule has 2 aromatic rings. The molecule has 1 saturated heterocycles. The lowest BCUT2D eigenvalue weighted by Crippen LogP contribution is -2.41. The molecule has 0 unspecified atom stereocenters. The van der Waals surface area contributed by atoms with Gasteiger partial charge in [-0.15, -0.1) is 0 Å². The summed E-state index contributed by atoms with van der Waals surface area (Å²) in [5, 5.41) is 13.3. The molecule has 0 N–H and O–H groups in total.